The van der Waals surface area contributed by atoms with Crippen molar-refractivity contribution in [2.45, 2.75) is 31.8 Å². The Labute approximate surface area is 272 Å². The van der Waals surface area contributed by atoms with E-state index in [4.69, 9.17) is 23.2 Å². The van der Waals surface area contributed by atoms with Crippen molar-refractivity contribution in [3.63, 3.8) is 0 Å². The van der Waals surface area contributed by atoms with Gasteiger partial charge < -0.3 is 20.6 Å². The summed E-state index contributed by atoms with van der Waals surface area (Å²) in [6.07, 6.45) is 3.45. The predicted octanol–water partition coefficient (Wildman–Crippen LogP) is 7.85. The molecule has 1 fully saturated rings. The number of benzene rings is 3. The third-order valence-electron chi connectivity index (χ3n) is 8.02. The van der Waals surface area contributed by atoms with Gasteiger partial charge in [-0.1, -0.05) is 34.5 Å². The maximum Gasteiger partial charge on any atom is 0.407 e. The number of carboxylic acid groups (broad SMARTS) is 1. The highest BCUT2D eigenvalue weighted by molar-refractivity contribution is 6.36. The Hall–Kier alpha value is -4.99. The molecule has 0 aliphatic carbocycles. The molecule has 5 aromatic rings. The van der Waals surface area contributed by atoms with E-state index in [0.717, 1.165) is 5.56 Å². The van der Waals surface area contributed by atoms with Gasteiger partial charge >= 0.3 is 6.09 Å². The zero-order valence-corrected chi connectivity index (χ0v) is 25.8. The smallest absolute Gasteiger partial charge is 0.407 e. The van der Waals surface area contributed by atoms with Crippen LogP contribution in [0.2, 0.25) is 10.0 Å². The van der Waals surface area contributed by atoms with Gasteiger partial charge in [-0.2, -0.15) is 5.26 Å². The average Bonchev–Trinajstić information content (AvgIpc) is 3.52. The fraction of sp³-hybridized carbons (Fsp3) is 0.219. The fourth-order valence-electron chi connectivity index (χ4n) is 5.64. The van der Waals surface area contributed by atoms with Crippen LogP contribution >= 0.6 is 23.2 Å². The van der Waals surface area contributed by atoms with E-state index in [0.29, 0.717) is 70.2 Å². The number of hydrogen-bond acceptors (Lipinski definition) is 7. The number of rotatable bonds is 7. The molecular weight excluding hydrogens is 637 g/mol. The fourth-order valence-corrected chi connectivity index (χ4v) is 6.09. The summed E-state index contributed by atoms with van der Waals surface area (Å²) in [5.41, 5.74) is 4.03. The molecule has 46 heavy (non-hydrogen) atoms. The first-order valence-electron chi connectivity index (χ1n) is 14.3. The lowest BCUT2D eigenvalue weighted by atomic mass is 9.98. The molecule has 0 saturated carbocycles. The summed E-state index contributed by atoms with van der Waals surface area (Å²) >= 11 is 12.7. The summed E-state index contributed by atoms with van der Waals surface area (Å²) in [6, 6.07) is 13.6. The van der Waals surface area contributed by atoms with Gasteiger partial charge in [-0.25, -0.2) is 18.3 Å². The number of hydrogen-bond donors (Lipinski definition) is 3. The largest absolute Gasteiger partial charge is 0.465 e. The van der Waals surface area contributed by atoms with Crippen molar-refractivity contribution in [3.05, 3.63) is 105 Å². The second-order valence-corrected chi connectivity index (χ2v) is 11.8. The van der Waals surface area contributed by atoms with Crippen molar-refractivity contribution in [2.75, 3.05) is 23.7 Å². The first-order valence-corrected chi connectivity index (χ1v) is 15.0. The summed E-state index contributed by atoms with van der Waals surface area (Å²) in [5.74, 6) is -0.957. The number of amides is 1. The van der Waals surface area contributed by atoms with Crippen molar-refractivity contribution in [2.24, 2.45) is 0 Å². The number of nitriles is 1. The van der Waals surface area contributed by atoms with Gasteiger partial charge in [0.1, 0.15) is 23.4 Å². The maximum atomic E-state index is 14.2. The van der Waals surface area contributed by atoms with Crippen LogP contribution < -0.4 is 10.6 Å². The molecule has 1 aliphatic rings. The molecule has 10 nitrogen and oxygen atoms in total. The quantitative estimate of drug-likeness (QED) is 0.160. The zero-order chi connectivity index (χ0) is 32.5. The molecule has 14 heteroatoms. The molecule has 2 aromatic heterocycles. The van der Waals surface area contributed by atoms with E-state index >= 15 is 0 Å². The highest BCUT2D eigenvalue weighted by Crippen LogP contribution is 2.38. The predicted molar refractivity (Wildman–Crippen MR) is 171 cm³/mol. The molecule has 0 bridgehead atoms. The second-order valence-electron chi connectivity index (χ2n) is 11.0. The van der Waals surface area contributed by atoms with Crippen molar-refractivity contribution in [1.82, 2.24) is 24.9 Å². The molecule has 3 heterocycles. The van der Waals surface area contributed by atoms with Gasteiger partial charge in [0, 0.05) is 36.0 Å². The molecule has 234 valence electrons. The molecule has 1 amide bonds. The first kappa shape index (κ1) is 31.0. The van der Waals surface area contributed by atoms with E-state index in [1.807, 2.05) is 6.20 Å². The second kappa shape index (κ2) is 12.8. The van der Waals surface area contributed by atoms with Gasteiger partial charge in [0.25, 0.3) is 0 Å². The Morgan fingerprint density at radius 1 is 1.09 bits per heavy atom. The summed E-state index contributed by atoms with van der Waals surface area (Å²) in [5, 5.41) is 35.4. The minimum Gasteiger partial charge on any atom is -0.465 e. The highest BCUT2D eigenvalue weighted by atomic mass is 35.5. The number of piperidine rings is 1. The van der Waals surface area contributed by atoms with Crippen LogP contribution in [0, 0.1) is 29.9 Å². The van der Waals surface area contributed by atoms with E-state index < -0.39 is 18.0 Å². The van der Waals surface area contributed by atoms with Gasteiger partial charge in [0.15, 0.2) is 0 Å². The van der Waals surface area contributed by atoms with Gasteiger partial charge in [0.05, 0.1) is 45.1 Å². The lowest BCUT2D eigenvalue weighted by Gasteiger charge is -2.29. The number of nitrogens with zero attached hydrogens (tertiary/aromatic N) is 6. The van der Waals surface area contributed by atoms with Gasteiger partial charge in [0.2, 0.25) is 0 Å². The Kier molecular flexibility index (Phi) is 8.62. The van der Waals surface area contributed by atoms with Crippen LogP contribution in [0.5, 0.6) is 0 Å². The molecular formula is C32H26Cl2F2N8O2. The average molecular weight is 664 g/mol. The number of halogens is 4. The minimum atomic E-state index is -0.945. The van der Waals surface area contributed by atoms with Crippen LogP contribution in [0.25, 0.3) is 10.9 Å². The molecule has 1 aliphatic heterocycles. The Morgan fingerprint density at radius 3 is 2.54 bits per heavy atom. The topological polar surface area (TPSA) is 132 Å². The number of carbonyl (C=O) groups is 1. The maximum absolute atomic E-state index is 14.2. The van der Waals surface area contributed by atoms with Crippen molar-refractivity contribution in [3.8, 4) is 6.07 Å². The van der Waals surface area contributed by atoms with Crippen LogP contribution in [-0.2, 0) is 0 Å². The molecule has 6 rings (SSSR count). The van der Waals surface area contributed by atoms with Crippen LogP contribution in [0.1, 0.15) is 47.3 Å². The molecule has 3 N–H and O–H groups in total. The van der Waals surface area contributed by atoms with Crippen LogP contribution in [0.3, 0.4) is 0 Å². The Morgan fingerprint density at radius 2 is 1.85 bits per heavy atom. The number of aryl methyl sites for hydroxylation is 1. The molecule has 1 atom stereocenters. The van der Waals surface area contributed by atoms with Gasteiger partial charge in [-0.3, -0.25) is 4.98 Å². The highest BCUT2D eigenvalue weighted by Gasteiger charge is 2.27. The molecule has 3 aromatic carbocycles. The summed E-state index contributed by atoms with van der Waals surface area (Å²) in [4.78, 5) is 17.1. The SMILES string of the molecule is Cc1cc(F)ccc1C(Nc1cc(Cl)c2ncc(C#N)c(Nc3ccc(F)c(Cl)c3)c2c1)c1cn(C2CCN(C(=O)O)CC2)nn1. The monoisotopic (exact) mass is 662 g/mol. The van der Waals surface area contributed by atoms with Crippen LogP contribution in [0.4, 0.5) is 30.6 Å². The molecule has 0 radical (unpaired) electrons. The van der Waals surface area contributed by atoms with Gasteiger partial charge in [-0.15, -0.1) is 5.10 Å². The molecule has 0 spiro atoms. The van der Waals surface area contributed by atoms with Crippen LogP contribution in [0.15, 0.2) is 60.9 Å². The van der Waals surface area contributed by atoms with E-state index in [2.05, 4.69) is 32.0 Å². The number of aromatic nitrogens is 4. The lowest BCUT2D eigenvalue weighted by Crippen LogP contribution is -2.38. The zero-order valence-electron chi connectivity index (χ0n) is 24.3. The number of pyridine rings is 1. The van der Waals surface area contributed by atoms with E-state index in [9.17, 15) is 23.9 Å². The lowest BCUT2D eigenvalue weighted by molar-refractivity contribution is 0.123. The van der Waals surface area contributed by atoms with E-state index in [1.165, 1.54) is 41.4 Å². The Balaban J connectivity index is 1.39. The van der Waals surface area contributed by atoms with E-state index in [1.54, 1.807) is 29.8 Å². The normalized spacial score (nSPS) is 14.2. The standard InChI is InChI=1S/C32H26Cl2F2N8O2/c1-17-10-19(35)2-4-23(17)31(28-16-44(42-41-28)22-6-8-43(9-7-22)32(45)46)40-21-11-24-29(39-20-3-5-27(36)25(33)12-20)18(14-37)15-38-30(24)26(34)13-21/h2-5,10-13,15-16,22,31,40H,6-9H2,1H3,(H,38,39)(H,45,46). The Bertz CT molecular complexity index is 2010. The van der Waals surface area contributed by atoms with Crippen molar-refractivity contribution < 1.29 is 18.7 Å². The molecule has 1 unspecified atom stereocenters. The number of fused-ring (bicyclic) bond motifs is 1. The van der Waals surface area contributed by atoms with Crippen molar-refractivity contribution in [1.29, 1.82) is 5.26 Å². The first-order chi connectivity index (χ1) is 22.1. The number of likely N-dealkylation sites (tertiary alicyclic amines) is 1. The number of anilines is 3. The van der Waals surface area contributed by atoms with Crippen LogP contribution in [-0.4, -0.2) is 49.2 Å². The number of nitrogens with one attached hydrogen (secondary N) is 2. The minimum absolute atomic E-state index is 0.0361. The van der Waals surface area contributed by atoms with E-state index in [-0.39, 0.29) is 22.4 Å². The third kappa shape index (κ3) is 6.24. The summed E-state index contributed by atoms with van der Waals surface area (Å²) < 4.78 is 29.7. The summed E-state index contributed by atoms with van der Waals surface area (Å²) in [7, 11) is 0. The molecule has 1 saturated heterocycles. The summed E-state index contributed by atoms with van der Waals surface area (Å²) in [6.45, 7) is 2.58. The van der Waals surface area contributed by atoms with Gasteiger partial charge in [-0.05, 0) is 73.4 Å². The van der Waals surface area contributed by atoms with Crippen molar-refractivity contribution >= 4 is 57.3 Å². The third-order valence-corrected chi connectivity index (χ3v) is 8.60.